The molecule has 0 fully saturated rings. The molecule has 0 bridgehead atoms. The lowest BCUT2D eigenvalue weighted by atomic mass is 10.1. The minimum atomic E-state index is -0.639. The number of rotatable bonds is 2. The fourth-order valence-corrected chi connectivity index (χ4v) is 1.26. The smallest absolute Gasteiger partial charge is 0.384 e. The molecule has 1 unspecified atom stereocenters. The highest BCUT2D eigenvalue weighted by molar-refractivity contribution is 9.10. The van der Waals surface area contributed by atoms with Crippen LogP contribution in [0.15, 0.2) is 28.7 Å². The largest absolute Gasteiger partial charge is 0.448 e. The minimum absolute atomic E-state index is 0.313. The first-order valence-electron chi connectivity index (χ1n) is 4.06. The standard InChI is InChI=1S/C11H9BrO2/c1-3-11(13)14-8(2)9-4-6-10(12)7-5-9/h1,4-8H,2H3. The number of halogens is 1. The Morgan fingerprint density at radius 1 is 1.50 bits per heavy atom. The number of hydrogen-bond acceptors (Lipinski definition) is 2. The van der Waals surface area contributed by atoms with E-state index in [1.807, 2.05) is 30.2 Å². The van der Waals surface area contributed by atoms with E-state index in [9.17, 15) is 4.79 Å². The van der Waals surface area contributed by atoms with Gasteiger partial charge in [-0.2, -0.15) is 0 Å². The number of ether oxygens (including phenoxy) is 1. The van der Waals surface area contributed by atoms with Gasteiger partial charge >= 0.3 is 5.97 Å². The molecule has 1 aromatic rings. The van der Waals surface area contributed by atoms with Gasteiger partial charge in [-0.3, -0.25) is 0 Å². The number of carbonyl (C=O) groups excluding carboxylic acids is 1. The Bertz CT molecular complexity index is 362. The lowest BCUT2D eigenvalue weighted by Crippen LogP contribution is -2.05. The van der Waals surface area contributed by atoms with Crippen LogP contribution >= 0.6 is 15.9 Å². The molecular formula is C11H9BrO2. The maximum Gasteiger partial charge on any atom is 0.384 e. The monoisotopic (exact) mass is 252 g/mol. The van der Waals surface area contributed by atoms with Crippen LogP contribution in [-0.2, 0) is 9.53 Å². The molecule has 0 N–H and O–H groups in total. The van der Waals surface area contributed by atoms with Gasteiger partial charge in [0.15, 0.2) is 0 Å². The second-order valence-electron chi connectivity index (χ2n) is 2.74. The van der Waals surface area contributed by atoms with Crippen molar-refractivity contribution in [2.24, 2.45) is 0 Å². The lowest BCUT2D eigenvalue weighted by molar-refractivity contribution is -0.141. The summed E-state index contributed by atoms with van der Waals surface area (Å²) in [7, 11) is 0. The fourth-order valence-electron chi connectivity index (χ4n) is 0.996. The van der Waals surface area contributed by atoms with E-state index in [0.29, 0.717) is 0 Å². The van der Waals surface area contributed by atoms with Crippen LogP contribution in [0.4, 0.5) is 0 Å². The Balaban J connectivity index is 2.71. The van der Waals surface area contributed by atoms with Crippen LogP contribution in [0.2, 0.25) is 0 Å². The van der Waals surface area contributed by atoms with Crippen LogP contribution in [-0.4, -0.2) is 5.97 Å². The van der Waals surface area contributed by atoms with Gasteiger partial charge in [0.2, 0.25) is 0 Å². The molecule has 0 aliphatic rings. The third-order valence-electron chi connectivity index (χ3n) is 1.74. The highest BCUT2D eigenvalue weighted by Gasteiger charge is 2.08. The normalized spacial score (nSPS) is 11.5. The first-order chi connectivity index (χ1) is 6.63. The number of benzene rings is 1. The van der Waals surface area contributed by atoms with Gasteiger partial charge in [0.05, 0.1) is 0 Å². The number of terminal acetylenes is 1. The van der Waals surface area contributed by atoms with Crippen LogP contribution in [0.1, 0.15) is 18.6 Å². The zero-order valence-corrected chi connectivity index (χ0v) is 9.24. The molecule has 1 aromatic carbocycles. The third kappa shape index (κ3) is 2.90. The Kier molecular flexibility index (Phi) is 3.73. The zero-order valence-electron chi connectivity index (χ0n) is 7.66. The predicted molar refractivity (Wildman–Crippen MR) is 57.5 cm³/mol. The molecule has 0 aliphatic carbocycles. The Morgan fingerprint density at radius 2 is 2.07 bits per heavy atom. The van der Waals surface area contributed by atoms with Crippen molar-refractivity contribution in [3.8, 4) is 12.3 Å². The van der Waals surface area contributed by atoms with Crippen molar-refractivity contribution in [3.63, 3.8) is 0 Å². The average molecular weight is 253 g/mol. The van der Waals surface area contributed by atoms with E-state index in [1.165, 1.54) is 0 Å². The lowest BCUT2D eigenvalue weighted by Gasteiger charge is -2.11. The van der Waals surface area contributed by atoms with Crippen LogP contribution in [0.3, 0.4) is 0 Å². The van der Waals surface area contributed by atoms with Gasteiger partial charge in [0, 0.05) is 10.4 Å². The molecule has 3 heteroatoms. The van der Waals surface area contributed by atoms with E-state index in [2.05, 4.69) is 15.9 Å². The quantitative estimate of drug-likeness (QED) is 0.460. The molecule has 0 spiro atoms. The summed E-state index contributed by atoms with van der Waals surface area (Å²) in [6.07, 6.45) is 4.58. The summed E-state index contributed by atoms with van der Waals surface area (Å²) in [5, 5.41) is 0. The summed E-state index contributed by atoms with van der Waals surface area (Å²) in [5.74, 6) is 1.27. The van der Waals surface area contributed by atoms with Gasteiger partial charge in [0.25, 0.3) is 0 Å². The molecule has 1 atom stereocenters. The molecule has 72 valence electrons. The Labute approximate surface area is 91.4 Å². The second kappa shape index (κ2) is 4.83. The van der Waals surface area contributed by atoms with Gasteiger partial charge in [-0.25, -0.2) is 4.79 Å². The van der Waals surface area contributed by atoms with Crippen LogP contribution in [0.25, 0.3) is 0 Å². The maximum absolute atomic E-state index is 10.8. The Morgan fingerprint density at radius 3 is 2.57 bits per heavy atom. The number of hydrogen-bond donors (Lipinski definition) is 0. The molecule has 0 aromatic heterocycles. The molecule has 0 radical (unpaired) electrons. The van der Waals surface area contributed by atoms with Crippen molar-refractivity contribution in [1.29, 1.82) is 0 Å². The van der Waals surface area contributed by atoms with Crippen molar-refractivity contribution < 1.29 is 9.53 Å². The zero-order chi connectivity index (χ0) is 10.6. The molecule has 14 heavy (non-hydrogen) atoms. The van der Waals surface area contributed by atoms with Crippen molar-refractivity contribution in [2.45, 2.75) is 13.0 Å². The van der Waals surface area contributed by atoms with Crippen LogP contribution < -0.4 is 0 Å². The van der Waals surface area contributed by atoms with E-state index in [1.54, 1.807) is 6.92 Å². The van der Waals surface area contributed by atoms with Gasteiger partial charge < -0.3 is 4.74 Å². The van der Waals surface area contributed by atoms with Crippen molar-refractivity contribution >= 4 is 21.9 Å². The van der Waals surface area contributed by atoms with Gasteiger partial charge in [-0.05, 0) is 24.6 Å². The topological polar surface area (TPSA) is 26.3 Å². The first kappa shape index (κ1) is 10.8. The summed E-state index contributed by atoms with van der Waals surface area (Å²) in [5.41, 5.74) is 0.914. The molecule has 2 nitrogen and oxygen atoms in total. The molecule has 0 saturated carbocycles. The highest BCUT2D eigenvalue weighted by Crippen LogP contribution is 2.19. The minimum Gasteiger partial charge on any atom is -0.448 e. The average Bonchev–Trinajstić information content (AvgIpc) is 2.18. The number of carbonyl (C=O) groups is 1. The summed E-state index contributed by atoms with van der Waals surface area (Å²) in [6, 6.07) is 7.52. The predicted octanol–water partition coefficient (Wildman–Crippen LogP) is 2.69. The third-order valence-corrected chi connectivity index (χ3v) is 2.27. The summed E-state index contributed by atoms with van der Waals surface area (Å²) < 4.78 is 5.92. The van der Waals surface area contributed by atoms with Crippen molar-refractivity contribution in [1.82, 2.24) is 0 Å². The van der Waals surface area contributed by atoms with E-state index < -0.39 is 5.97 Å². The van der Waals surface area contributed by atoms with Crippen LogP contribution in [0, 0.1) is 12.3 Å². The molecule has 1 rings (SSSR count). The number of esters is 1. The highest BCUT2D eigenvalue weighted by atomic mass is 79.9. The van der Waals surface area contributed by atoms with Crippen LogP contribution in [0.5, 0.6) is 0 Å². The van der Waals surface area contributed by atoms with Crippen molar-refractivity contribution in [3.05, 3.63) is 34.3 Å². The van der Waals surface area contributed by atoms with Gasteiger partial charge in [-0.15, -0.1) is 6.42 Å². The molecular weight excluding hydrogens is 244 g/mol. The first-order valence-corrected chi connectivity index (χ1v) is 4.85. The molecule has 0 heterocycles. The summed E-state index contributed by atoms with van der Waals surface area (Å²) in [6.45, 7) is 1.78. The van der Waals surface area contributed by atoms with Gasteiger partial charge in [0.1, 0.15) is 6.10 Å². The maximum atomic E-state index is 10.8. The molecule has 0 aliphatic heterocycles. The van der Waals surface area contributed by atoms with Gasteiger partial charge in [-0.1, -0.05) is 28.1 Å². The van der Waals surface area contributed by atoms with E-state index in [4.69, 9.17) is 11.2 Å². The second-order valence-corrected chi connectivity index (χ2v) is 3.66. The fraction of sp³-hybridized carbons (Fsp3) is 0.182. The summed E-state index contributed by atoms with van der Waals surface area (Å²) >= 11 is 3.32. The molecule has 0 saturated heterocycles. The SMILES string of the molecule is C#CC(=O)OC(C)c1ccc(Br)cc1. The van der Waals surface area contributed by atoms with E-state index >= 15 is 0 Å². The van der Waals surface area contributed by atoms with E-state index in [-0.39, 0.29) is 6.10 Å². The van der Waals surface area contributed by atoms with E-state index in [0.717, 1.165) is 10.0 Å². The van der Waals surface area contributed by atoms with Crippen molar-refractivity contribution in [2.75, 3.05) is 0 Å². The molecule has 0 amide bonds. The Hall–Kier alpha value is -1.27. The summed E-state index contributed by atoms with van der Waals surface area (Å²) in [4.78, 5) is 10.8.